The molecule has 0 aromatic heterocycles. The second-order valence-corrected chi connectivity index (χ2v) is 8.77. The molecule has 4 N–H and O–H groups in total. The van der Waals surface area contributed by atoms with E-state index in [-0.39, 0.29) is 19.4 Å². The maximum Gasteiger partial charge on any atom is 0.407 e. The molecule has 0 saturated carbocycles. The van der Waals surface area contributed by atoms with Crippen molar-refractivity contribution in [3.05, 3.63) is 28.8 Å². The number of halogens is 1. The molecule has 0 radical (unpaired) electrons. The standard InChI is InChI=1S/C22H33ClN2O6/c1-22(2,3)31-21(29)25-16(9-12-19(24)26)14-30-17-10-11-18(23)15(13-17)7-5-4-6-8-20(27)28/h10-11,13,16H,4-9,12,14H2,1-3H3,(H2,24,26)(H,25,29)(H,27,28)/t16-/m0/s1. The van der Waals surface area contributed by atoms with Crippen LogP contribution >= 0.6 is 11.6 Å². The molecule has 1 rings (SSSR count). The zero-order valence-electron chi connectivity index (χ0n) is 18.4. The number of rotatable bonds is 13. The summed E-state index contributed by atoms with van der Waals surface area (Å²) in [5.41, 5.74) is 5.49. The number of aliphatic carboxylic acids is 1. The largest absolute Gasteiger partial charge is 0.491 e. The minimum atomic E-state index is -0.792. The van der Waals surface area contributed by atoms with Crippen molar-refractivity contribution in [3.63, 3.8) is 0 Å². The molecule has 0 heterocycles. The molecular weight excluding hydrogens is 424 g/mol. The first kappa shape index (κ1) is 26.6. The average Bonchev–Trinajstić information content (AvgIpc) is 2.63. The van der Waals surface area contributed by atoms with E-state index < -0.39 is 29.6 Å². The summed E-state index contributed by atoms with van der Waals surface area (Å²) in [4.78, 5) is 33.8. The summed E-state index contributed by atoms with van der Waals surface area (Å²) in [6.07, 6.45) is 2.93. The SMILES string of the molecule is CC(C)(C)OC(=O)N[C@@H](CCC(N)=O)COc1ccc(Cl)c(CCCCCC(=O)O)c1. The first-order valence-corrected chi connectivity index (χ1v) is 10.7. The predicted molar refractivity (Wildman–Crippen MR) is 118 cm³/mol. The fourth-order valence-corrected chi connectivity index (χ4v) is 3.00. The van der Waals surface area contributed by atoms with Gasteiger partial charge in [0.05, 0.1) is 6.04 Å². The van der Waals surface area contributed by atoms with Crippen molar-refractivity contribution in [2.24, 2.45) is 5.73 Å². The molecule has 0 bridgehead atoms. The van der Waals surface area contributed by atoms with E-state index in [1.54, 1.807) is 32.9 Å². The number of nitrogens with two attached hydrogens (primary N) is 1. The molecule has 0 unspecified atom stereocenters. The van der Waals surface area contributed by atoms with Crippen LogP contribution in [0.3, 0.4) is 0 Å². The Balaban J connectivity index is 2.66. The molecule has 0 fully saturated rings. The number of carboxylic acids is 1. The first-order valence-electron chi connectivity index (χ1n) is 10.4. The van der Waals surface area contributed by atoms with Crippen LogP contribution in [0.2, 0.25) is 5.02 Å². The lowest BCUT2D eigenvalue weighted by Gasteiger charge is -2.23. The van der Waals surface area contributed by atoms with Crippen molar-refractivity contribution in [2.45, 2.75) is 77.4 Å². The highest BCUT2D eigenvalue weighted by Gasteiger charge is 2.20. The van der Waals surface area contributed by atoms with Gasteiger partial charge in [-0.15, -0.1) is 0 Å². The highest BCUT2D eigenvalue weighted by Crippen LogP contribution is 2.24. The maximum absolute atomic E-state index is 12.1. The Bertz CT molecular complexity index is 748. The zero-order valence-corrected chi connectivity index (χ0v) is 19.2. The molecule has 9 heteroatoms. The molecule has 0 aliphatic heterocycles. The maximum atomic E-state index is 12.1. The number of nitrogens with one attached hydrogen (secondary N) is 1. The lowest BCUT2D eigenvalue weighted by atomic mass is 10.1. The number of carboxylic acid groups (broad SMARTS) is 1. The number of benzene rings is 1. The van der Waals surface area contributed by atoms with Gasteiger partial charge in [-0.3, -0.25) is 9.59 Å². The minimum Gasteiger partial charge on any atom is -0.491 e. The van der Waals surface area contributed by atoms with Crippen LogP contribution < -0.4 is 15.8 Å². The van der Waals surface area contributed by atoms with Gasteiger partial charge in [-0.1, -0.05) is 18.0 Å². The van der Waals surface area contributed by atoms with Gasteiger partial charge in [0.15, 0.2) is 0 Å². The normalized spacial score (nSPS) is 12.1. The molecular formula is C22H33ClN2O6. The van der Waals surface area contributed by atoms with Crippen LogP contribution in [0.1, 0.15) is 64.9 Å². The third-order valence-corrected chi connectivity index (χ3v) is 4.63. The van der Waals surface area contributed by atoms with Gasteiger partial charge in [0.2, 0.25) is 5.91 Å². The van der Waals surface area contributed by atoms with E-state index in [4.69, 9.17) is 31.9 Å². The third-order valence-electron chi connectivity index (χ3n) is 4.27. The Labute approximate surface area is 188 Å². The number of amides is 2. The van der Waals surface area contributed by atoms with Crippen LogP contribution in [0, 0.1) is 0 Å². The van der Waals surface area contributed by atoms with Crippen molar-refractivity contribution in [2.75, 3.05) is 6.61 Å². The van der Waals surface area contributed by atoms with Gasteiger partial charge in [0.25, 0.3) is 0 Å². The van der Waals surface area contributed by atoms with Gasteiger partial charge >= 0.3 is 12.1 Å². The van der Waals surface area contributed by atoms with Crippen molar-refractivity contribution in [1.82, 2.24) is 5.32 Å². The summed E-state index contributed by atoms with van der Waals surface area (Å²) in [5, 5.41) is 12.0. The first-order chi connectivity index (χ1) is 14.5. The number of hydrogen-bond donors (Lipinski definition) is 3. The highest BCUT2D eigenvalue weighted by molar-refractivity contribution is 6.31. The average molecular weight is 457 g/mol. The number of carbonyl (C=O) groups excluding carboxylic acids is 2. The van der Waals surface area contributed by atoms with E-state index in [9.17, 15) is 14.4 Å². The van der Waals surface area contributed by atoms with Crippen molar-refractivity contribution in [3.8, 4) is 5.75 Å². The van der Waals surface area contributed by atoms with Crippen molar-refractivity contribution in [1.29, 1.82) is 0 Å². The molecule has 1 atom stereocenters. The van der Waals surface area contributed by atoms with E-state index in [1.165, 1.54) is 0 Å². The molecule has 0 spiro atoms. The van der Waals surface area contributed by atoms with E-state index in [0.29, 0.717) is 30.0 Å². The summed E-state index contributed by atoms with van der Waals surface area (Å²) in [6.45, 7) is 5.42. The van der Waals surface area contributed by atoms with Gasteiger partial charge in [0.1, 0.15) is 18.0 Å². The number of carbonyl (C=O) groups is 3. The van der Waals surface area contributed by atoms with Gasteiger partial charge in [-0.2, -0.15) is 0 Å². The topological polar surface area (TPSA) is 128 Å². The molecule has 0 aliphatic carbocycles. The fourth-order valence-electron chi connectivity index (χ4n) is 2.79. The highest BCUT2D eigenvalue weighted by atomic mass is 35.5. The predicted octanol–water partition coefficient (Wildman–Crippen LogP) is 4.07. The number of primary amides is 1. The van der Waals surface area contributed by atoms with E-state index in [2.05, 4.69) is 5.32 Å². The van der Waals surface area contributed by atoms with Crippen LogP contribution in [0.5, 0.6) is 5.75 Å². The van der Waals surface area contributed by atoms with Gasteiger partial charge in [0, 0.05) is 17.9 Å². The monoisotopic (exact) mass is 456 g/mol. The quantitative estimate of drug-likeness (QED) is 0.384. The van der Waals surface area contributed by atoms with Crippen LogP contribution in [0.25, 0.3) is 0 Å². The summed E-state index contributed by atoms with van der Waals surface area (Å²) >= 11 is 6.26. The Morgan fingerprint density at radius 2 is 1.87 bits per heavy atom. The Morgan fingerprint density at radius 3 is 2.48 bits per heavy atom. The number of unbranched alkanes of at least 4 members (excludes halogenated alkanes) is 2. The zero-order chi connectivity index (χ0) is 23.4. The Kier molecular flexibility index (Phi) is 11.2. The molecule has 8 nitrogen and oxygen atoms in total. The summed E-state index contributed by atoms with van der Waals surface area (Å²) in [5.74, 6) is -0.674. The lowest BCUT2D eigenvalue weighted by Crippen LogP contribution is -2.42. The Morgan fingerprint density at radius 1 is 1.16 bits per heavy atom. The van der Waals surface area contributed by atoms with Crippen LogP contribution in [-0.4, -0.2) is 41.3 Å². The second kappa shape index (κ2) is 13.0. The van der Waals surface area contributed by atoms with Crippen LogP contribution in [0.15, 0.2) is 18.2 Å². The summed E-state index contributed by atoms with van der Waals surface area (Å²) < 4.78 is 11.1. The lowest BCUT2D eigenvalue weighted by molar-refractivity contribution is -0.137. The van der Waals surface area contributed by atoms with E-state index in [1.807, 2.05) is 6.07 Å². The summed E-state index contributed by atoms with van der Waals surface area (Å²) in [7, 11) is 0. The van der Waals surface area contributed by atoms with Crippen LogP contribution in [0.4, 0.5) is 4.79 Å². The van der Waals surface area contributed by atoms with E-state index >= 15 is 0 Å². The van der Waals surface area contributed by atoms with E-state index in [0.717, 1.165) is 18.4 Å². The van der Waals surface area contributed by atoms with Gasteiger partial charge in [-0.25, -0.2) is 4.79 Å². The van der Waals surface area contributed by atoms with Crippen molar-refractivity contribution >= 4 is 29.6 Å². The molecule has 1 aromatic carbocycles. The molecule has 2 amide bonds. The smallest absolute Gasteiger partial charge is 0.407 e. The molecule has 0 aliphatic rings. The van der Waals surface area contributed by atoms with Crippen LogP contribution in [-0.2, 0) is 20.7 Å². The molecule has 1 aromatic rings. The Hall–Kier alpha value is -2.48. The number of hydrogen-bond acceptors (Lipinski definition) is 5. The molecule has 174 valence electrons. The van der Waals surface area contributed by atoms with Gasteiger partial charge < -0.3 is 25.6 Å². The fraction of sp³-hybridized carbons (Fsp3) is 0.591. The summed E-state index contributed by atoms with van der Waals surface area (Å²) in [6, 6.07) is 4.84. The molecule has 31 heavy (non-hydrogen) atoms. The molecule has 0 saturated heterocycles. The number of aryl methyl sites for hydroxylation is 1. The third kappa shape index (κ3) is 12.7. The second-order valence-electron chi connectivity index (χ2n) is 8.37. The van der Waals surface area contributed by atoms with Gasteiger partial charge in [-0.05, 0) is 70.2 Å². The number of ether oxygens (including phenoxy) is 2. The minimum absolute atomic E-state index is 0.103. The van der Waals surface area contributed by atoms with Crippen molar-refractivity contribution < 1.29 is 29.0 Å². The number of alkyl carbamates (subject to hydrolysis) is 1.